The minimum absolute atomic E-state index is 0.301. The zero-order chi connectivity index (χ0) is 21.5. The SMILES string of the molecule is CCCCN1C(c2ccccc2)C(c2ccccc2)N(CCCC)C1c1ccccc1. The van der Waals surface area contributed by atoms with Crippen molar-refractivity contribution in [2.45, 2.75) is 57.8 Å². The summed E-state index contributed by atoms with van der Waals surface area (Å²) in [6.07, 6.45) is 5.16. The second-order valence-corrected chi connectivity index (χ2v) is 8.68. The van der Waals surface area contributed by atoms with Crippen molar-refractivity contribution in [3.63, 3.8) is 0 Å². The van der Waals surface area contributed by atoms with Crippen LogP contribution in [0.5, 0.6) is 0 Å². The summed E-state index contributed by atoms with van der Waals surface area (Å²) in [6.45, 7) is 6.83. The standard InChI is InChI=1S/C29H36N2/c1-3-5-22-30-27(24-16-10-7-11-17-24)28(25-18-12-8-13-19-25)31(23-6-4-2)29(30)26-20-14-9-15-21-26/h7-21,27-29H,3-6,22-23H2,1-2H3. The first-order valence-electron chi connectivity index (χ1n) is 12.0. The molecule has 1 saturated heterocycles. The van der Waals surface area contributed by atoms with Crippen LogP contribution in [0.2, 0.25) is 0 Å². The molecule has 0 spiro atoms. The van der Waals surface area contributed by atoms with Gasteiger partial charge in [0, 0.05) is 13.1 Å². The zero-order valence-corrected chi connectivity index (χ0v) is 19.0. The van der Waals surface area contributed by atoms with Crippen molar-refractivity contribution in [3.05, 3.63) is 108 Å². The van der Waals surface area contributed by atoms with E-state index in [2.05, 4.69) is 115 Å². The summed E-state index contributed by atoms with van der Waals surface area (Å²) in [5, 5.41) is 0. The Labute approximate surface area is 188 Å². The van der Waals surface area contributed by atoms with E-state index in [4.69, 9.17) is 0 Å². The third kappa shape index (κ3) is 4.76. The maximum atomic E-state index is 2.78. The van der Waals surface area contributed by atoms with Gasteiger partial charge in [0.05, 0.1) is 18.2 Å². The van der Waals surface area contributed by atoms with Gasteiger partial charge in [0.25, 0.3) is 0 Å². The van der Waals surface area contributed by atoms with Crippen molar-refractivity contribution in [3.8, 4) is 0 Å². The Morgan fingerprint density at radius 1 is 0.516 bits per heavy atom. The summed E-state index contributed by atoms with van der Waals surface area (Å²) in [6, 6.07) is 34.2. The monoisotopic (exact) mass is 412 g/mol. The van der Waals surface area contributed by atoms with Crippen LogP contribution in [0.4, 0.5) is 0 Å². The molecule has 0 amide bonds. The number of unbranched alkanes of at least 4 members (excludes halogenated alkanes) is 2. The molecule has 2 atom stereocenters. The molecule has 2 nitrogen and oxygen atoms in total. The number of rotatable bonds is 9. The Hall–Kier alpha value is -2.42. The topological polar surface area (TPSA) is 6.48 Å². The Morgan fingerprint density at radius 3 is 1.23 bits per heavy atom. The summed E-state index contributed by atoms with van der Waals surface area (Å²) in [7, 11) is 0. The zero-order valence-electron chi connectivity index (χ0n) is 19.0. The van der Waals surface area contributed by atoms with E-state index >= 15 is 0 Å². The number of hydrogen-bond acceptors (Lipinski definition) is 2. The Morgan fingerprint density at radius 2 is 0.871 bits per heavy atom. The minimum Gasteiger partial charge on any atom is -0.275 e. The molecule has 2 unspecified atom stereocenters. The van der Waals surface area contributed by atoms with Gasteiger partial charge in [0.2, 0.25) is 0 Å². The van der Waals surface area contributed by atoms with E-state index in [1.54, 1.807) is 0 Å². The number of hydrogen-bond donors (Lipinski definition) is 0. The van der Waals surface area contributed by atoms with E-state index in [0.29, 0.717) is 18.2 Å². The average molecular weight is 413 g/mol. The van der Waals surface area contributed by atoms with E-state index in [-0.39, 0.29) is 0 Å². The molecule has 0 N–H and O–H groups in total. The molecular weight excluding hydrogens is 376 g/mol. The molecule has 0 aliphatic carbocycles. The molecule has 0 saturated carbocycles. The molecule has 2 heteroatoms. The van der Waals surface area contributed by atoms with Gasteiger partial charge >= 0.3 is 0 Å². The fraction of sp³-hybridized carbons (Fsp3) is 0.379. The highest BCUT2D eigenvalue weighted by atomic mass is 15.5. The lowest BCUT2D eigenvalue weighted by Crippen LogP contribution is -2.33. The number of nitrogens with zero attached hydrogens (tertiary/aromatic N) is 2. The molecule has 1 aliphatic heterocycles. The highest BCUT2D eigenvalue weighted by molar-refractivity contribution is 5.33. The number of benzene rings is 3. The molecule has 31 heavy (non-hydrogen) atoms. The highest BCUT2D eigenvalue weighted by Gasteiger charge is 2.48. The van der Waals surface area contributed by atoms with E-state index in [0.717, 1.165) is 13.1 Å². The van der Waals surface area contributed by atoms with Crippen molar-refractivity contribution >= 4 is 0 Å². The van der Waals surface area contributed by atoms with Crippen LogP contribution in [-0.4, -0.2) is 22.9 Å². The van der Waals surface area contributed by atoms with Crippen molar-refractivity contribution in [2.24, 2.45) is 0 Å². The Kier molecular flexibility index (Phi) is 7.56. The first-order chi connectivity index (χ1) is 15.3. The Bertz CT molecular complexity index is 836. The molecule has 4 rings (SSSR count). The lowest BCUT2D eigenvalue weighted by molar-refractivity contribution is 0.111. The average Bonchev–Trinajstić information content (AvgIpc) is 3.16. The van der Waals surface area contributed by atoms with Crippen molar-refractivity contribution in [1.82, 2.24) is 9.80 Å². The first-order valence-corrected chi connectivity index (χ1v) is 12.0. The van der Waals surface area contributed by atoms with Gasteiger partial charge in [-0.2, -0.15) is 0 Å². The fourth-order valence-electron chi connectivity index (χ4n) is 5.12. The van der Waals surface area contributed by atoms with Crippen molar-refractivity contribution in [2.75, 3.05) is 13.1 Å². The van der Waals surface area contributed by atoms with Crippen LogP contribution in [0.15, 0.2) is 91.0 Å². The van der Waals surface area contributed by atoms with Gasteiger partial charge in [-0.3, -0.25) is 9.80 Å². The molecule has 3 aromatic carbocycles. The minimum atomic E-state index is 0.301. The van der Waals surface area contributed by atoms with Gasteiger partial charge < -0.3 is 0 Å². The molecule has 162 valence electrons. The molecule has 0 bridgehead atoms. The van der Waals surface area contributed by atoms with Gasteiger partial charge in [-0.15, -0.1) is 0 Å². The molecule has 1 heterocycles. The molecule has 0 radical (unpaired) electrons. The molecule has 3 aromatic rings. The lowest BCUT2D eigenvalue weighted by atomic mass is 9.93. The van der Waals surface area contributed by atoms with E-state index in [1.165, 1.54) is 42.4 Å². The van der Waals surface area contributed by atoms with E-state index < -0.39 is 0 Å². The van der Waals surface area contributed by atoms with Crippen molar-refractivity contribution in [1.29, 1.82) is 0 Å². The lowest BCUT2D eigenvalue weighted by Gasteiger charge is -2.33. The van der Waals surface area contributed by atoms with Gasteiger partial charge in [0.1, 0.15) is 0 Å². The van der Waals surface area contributed by atoms with Crippen LogP contribution in [0.25, 0.3) is 0 Å². The summed E-state index contributed by atoms with van der Waals surface area (Å²) in [5.41, 5.74) is 4.26. The van der Waals surface area contributed by atoms with E-state index in [9.17, 15) is 0 Å². The summed E-state index contributed by atoms with van der Waals surface area (Å²) in [4.78, 5) is 5.56. The third-order valence-corrected chi connectivity index (χ3v) is 6.56. The maximum absolute atomic E-state index is 2.78. The van der Waals surface area contributed by atoms with Gasteiger partial charge in [-0.25, -0.2) is 0 Å². The van der Waals surface area contributed by atoms with Crippen LogP contribution in [0.3, 0.4) is 0 Å². The Balaban J connectivity index is 1.87. The van der Waals surface area contributed by atoms with Gasteiger partial charge in [-0.05, 0) is 29.5 Å². The van der Waals surface area contributed by atoms with Crippen molar-refractivity contribution < 1.29 is 0 Å². The molecular formula is C29H36N2. The van der Waals surface area contributed by atoms with Crippen LogP contribution in [0, 0.1) is 0 Å². The highest BCUT2D eigenvalue weighted by Crippen LogP contribution is 2.52. The maximum Gasteiger partial charge on any atom is 0.0897 e. The molecule has 0 aromatic heterocycles. The quantitative estimate of drug-likeness (QED) is 0.361. The van der Waals surface area contributed by atoms with Crippen LogP contribution in [-0.2, 0) is 0 Å². The second-order valence-electron chi connectivity index (χ2n) is 8.68. The van der Waals surface area contributed by atoms with Gasteiger partial charge in [-0.1, -0.05) is 118 Å². The summed E-state index contributed by atoms with van der Waals surface area (Å²) >= 11 is 0. The van der Waals surface area contributed by atoms with Crippen LogP contribution in [0.1, 0.15) is 74.5 Å². The fourth-order valence-corrected chi connectivity index (χ4v) is 5.12. The first kappa shape index (κ1) is 21.8. The normalized spacial score (nSPS) is 22.1. The van der Waals surface area contributed by atoms with Gasteiger partial charge in [0.15, 0.2) is 0 Å². The van der Waals surface area contributed by atoms with Crippen LogP contribution < -0.4 is 0 Å². The smallest absolute Gasteiger partial charge is 0.0897 e. The second kappa shape index (κ2) is 10.7. The van der Waals surface area contributed by atoms with E-state index in [1.807, 2.05) is 0 Å². The summed E-state index contributed by atoms with van der Waals surface area (Å²) < 4.78 is 0. The third-order valence-electron chi connectivity index (χ3n) is 6.56. The molecule has 1 fully saturated rings. The summed E-state index contributed by atoms with van der Waals surface area (Å²) in [5.74, 6) is 0. The molecule has 1 aliphatic rings. The largest absolute Gasteiger partial charge is 0.275 e. The van der Waals surface area contributed by atoms with Crippen LogP contribution >= 0.6 is 0 Å². The predicted molar refractivity (Wildman–Crippen MR) is 131 cm³/mol. The predicted octanol–water partition coefficient (Wildman–Crippen LogP) is 7.39.